The normalized spacial score (nSPS) is 19.4. The third-order valence-electron chi connectivity index (χ3n) is 5.05. The van der Waals surface area contributed by atoms with Crippen LogP contribution in [0, 0.1) is 0 Å². The molecule has 0 radical (unpaired) electrons. The van der Waals surface area contributed by atoms with E-state index in [4.69, 9.17) is 0 Å². The molecule has 0 spiro atoms. The number of nitrogens with zero attached hydrogens (tertiary/aromatic N) is 1. The SMILES string of the molecule is CCC(c1ccccc1)N(C)C1(CC(=O)O)CCCCC1. The topological polar surface area (TPSA) is 40.5 Å². The summed E-state index contributed by atoms with van der Waals surface area (Å²) in [6.45, 7) is 2.19. The summed E-state index contributed by atoms with van der Waals surface area (Å²) in [4.78, 5) is 13.8. The first-order valence-corrected chi connectivity index (χ1v) is 8.09. The Bertz CT molecular complexity index is 452. The molecule has 1 atom stereocenters. The molecule has 1 aromatic rings. The Labute approximate surface area is 128 Å². The smallest absolute Gasteiger partial charge is 0.305 e. The Morgan fingerprint density at radius 2 is 1.86 bits per heavy atom. The predicted octanol–water partition coefficient (Wildman–Crippen LogP) is 4.25. The van der Waals surface area contributed by atoms with Gasteiger partial charge in [0.15, 0.2) is 0 Å². The molecule has 1 N–H and O–H groups in total. The average Bonchev–Trinajstić information content (AvgIpc) is 2.49. The summed E-state index contributed by atoms with van der Waals surface area (Å²) in [6.07, 6.45) is 6.77. The lowest BCUT2D eigenvalue weighted by Gasteiger charge is -2.47. The lowest BCUT2D eigenvalue weighted by molar-refractivity contribution is -0.141. The zero-order chi connectivity index (χ0) is 15.3. The fourth-order valence-electron chi connectivity index (χ4n) is 3.88. The van der Waals surface area contributed by atoms with Crippen molar-refractivity contribution >= 4 is 5.97 Å². The second-order valence-corrected chi connectivity index (χ2v) is 6.30. The van der Waals surface area contributed by atoms with Crippen molar-refractivity contribution in [2.75, 3.05) is 7.05 Å². The van der Waals surface area contributed by atoms with Gasteiger partial charge < -0.3 is 5.11 Å². The highest BCUT2D eigenvalue weighted by Gasteiger charge is 2.40. The van der Waals surface area contributed by atoms with Crippen molar-refractivity contribution in [1.29, 1.82) is 0 Å². The molecule has 1 unspecified atom stereocenters. The van der Waals surface area contributed by atoms with E-state index in [9.17, 15) is 9.90 Å². The van der Waals surface area contributed by atoms with Crippen LogP contribution < -0.4 is 0 Å². The van der Waals surface area contributed by atoms with Crippen LogP contribution in [0.1, 0.15) is 63.5 Å². The zero-order valence-electron chi connectivity index (χ0n) is 13.2. The van der Waals surface area contributed by atoms with E-state index in [0.717, 1.165) is 32.1 Å². The molecule has 116 valence electrons. The molecule has 21 heavy (non-hydrogen) atoms. The van der Waals surface area contributed by atoms with Crippen molar-refractivity contribution in [3.05, 3.63) is 35.9 Å². The third kappa shape index (κ3) is 3.65. The highest BCUT2D eigenvalue weighted by atomic mass is 16.4. The highest BCUT2D eigenvalue weighted by molar-refractivity contribution is 5.68. The maximum absolute atomic E-state index is 11.4. The molecule has 0 amide bonds. The van der Waals surface area contributed by atoms with E-state index in [-0.39, 0.29) is 12.0 Å². The van der Waals surface area contributed by atoms with Gasteiger partial charge >= 0.3 is 5.97 Å². The zero-order valence-corrected chi connectivity index (χ0v) is 13.2. The second kappa shape index (κ2) is 7.08. The highest BCUT2D eigenvalue weighted by Crippen LogP contribution is 2.41. The van der Waals surface area contributed by atoms with E-state index in [2.05, 4.69) is 43.1 Å². The molecule has 0 heterocycles. The summed E-state index contributed by atoms with van der Waals surface area (Å²) in [5.41, 5.74) is 1.11. The monoisotopic (exact) mass is 289 g/mol. The Morgan fingerprint density at radius 3 is 2.38 bits per heavy atom. The van der Waals surface area contributed by atoms with Gasteiger partial charge in [-0.3, -0.25) is 9.69 Å². The van der Waals surface area contributed by atoms with Crippen molar-refractivity contribution in [2.24, 2.45) is 0 Å². The molecule has 0 saturated heterocycles. The summed E-state index contributed by atoms with van der Waals surface area (Å²) in [7, 11) is 2.12. The maximum Gasteiger partial charge on any atom is 0.305 e. The van der Waals surface area contributed by atoms with Crippen LogP contribution in [0.5, 0.6) is 0 Å². The Morgan fingerprint density at radius 1 is 1.24 bits per heavy atom. The number of carboxylic acids is 1. The standard InChI is InChI=1S/C18H27NO2/c1-3-16(15-10-6-4-7-11-15)19(2)18(14-17(20)21)12-8-5-9-13-18/h4,6-7,10-11,16H,3,5,8-9,12-14H2,1-2H3,(H,20,21). The van der Waals surface area contributed by atoms with Crippen molar-refractivity contribution < 1.29 is 9.90 Å². The molecule has 2 rings (SSSR count). The number of rotatable bonds is 6. The van der Waals surface area contributed by atoms with Crippen LogP contribution in [0.25, 0.3) is 0 Å². The van der Waals surface area contributed by atoms with E-state index < -0.39 is 5.97 Å². The minimum absolute atomic E-state index is 0.180. The van der Waals surface area contributed by atoms with Crippen LogP contribution in [-0.2, 0) is 4.79 Å². The number of aliphatic carboxylic acids is 1. The summed E-state index contributed by atoms with van der Waals surface area (Å²) >= 11 is 0. The summed E-state index contributed by atoms with van der Waals surface area (Å²) in [5, 5.41) is 9.38. The van der Waals surface area contributed by atoms with Gasteiger partial charge in [-0.05, 0) is 31.9 Å². The molecule has 3 heteroatoms. The minimum Gasteiger partial charge on any atom is -0.481 e. The largest absolute Gasteiger partial charge is 0.481 e. The van der Waals surface area contributed by atoms with Gasteiger partial charge in [0.1, 0.15) is 0 Å². The van der Waals surface area contributed by atoms with Gasteiger partial charge in [0.25, 0.3) is 0 Å². The average molecular weight is 289 g/mol. The van der Waals surface area contributed by atoms with Gasteiger partial charge in [0.05, 0.1) is 6.42 Å². The van der Waals surface area contributed by atoms with E-state index in [1.54, 1.807) is 0 Å². The first kappa shape index (κ1) is 16.0. The second-order valence-electron chi connectivity index (χ2n) is 6.30. The van der Waals surface area contributed by atoms with Crippen molar-refractivity contribution in [3.8, 4) is 0 Å². The van der Waals surface area contributed by atoms with E-state index in [1.165, 1.54) is 12.0 Å². The number of carboxylic acid groups (broad SMARTS) is 1. The van der Waals surface area contributed by atoms with Gasteiger partial charge in [-0.15, -0.1) is 0 Å². The number of carbonyl (C=O) groups is 1. The van der Waals surface area contributed by atoms with Crippen LogP contribution in [0.15, 0.2) is 30.3 Å². The molecule has 0 bridgehead atoms. The Hall–Kier alpha value is -1.35. The predicted molar refractivity (Wildman–Crippen MR) is 85.3 cm³/mol. The van der Waals surface area contributed by atoms with Crippen LogP contribution in [0.2, 0.25) is 0 Å². The molecule has 1 aliphatic rings. The van der Waals surface area contributed by atoms with Crippen LogP contribution >= 0.6 is 0 Å². The minimum atomic E-state index is -0.674. The summed E-state index contributed by atoms with van der Waals surface area (Å²) < 4.78 is 0. The van der Waals surface area contributed by atoms with Gasteiger partial charge in [0.2, 0.25) is 0 Å². The Balaban J connectivity index is 2.27. The first-order chi connectivity index (χ1) is 10.1. The lowest BCUT2D eigenvalue weighted by Crippen LogP contribution is -2.50. The molecule has 0 aliphatic heterocycles. The summed E-state index contributed by atoms with van der Waals surface area (Å²) in [5.74, 6) is -0.674. The van der Waals surface area contributed by atoms with Gasteiger partial charge in [-0.25, -0.2) is 0 Å². The number of benzene rings is 1. The van der Waals surface area contributed by atoms with Crippen molar-refractivity contribution in [2.45, 2.75) is 63.5 Å². The first-order valence-electron chi connectivity index (χ1n) is 8.09. The van der Waals surface area contributed by atoms with Crippen LogP contribution in [-0.4, -0.2) is 28.6 Å². The molecule has 0 aromatic heterocycles. The molecule has 3 nitrogen and oxygen atoms in total. The molecule has 1 saturated carbocycles. The Kier molecular flexibility index (Phi) is 5.40. The summed E-state index contributed by atoms with van der Waals surface area (Å²) in [6, 6.07) is 10.8. The van der Waals surface area contributed by atoms with Crippen molar-refractivity contribution in [3.63, 3.8) is 0 Å². The van der Waals surface area contributed by atoms with Gasteiger partial charge in [-0.1, -0.05) is 56.5 Å². The van der Waals surface area contributed by atoms with E-state index in [0.29, 0.717) is 6.04 Å². The van der Waals surface area contributed by atoms with Crippen molar-refractivity contribution in [1.82, 2.24) is 4.90 Å². The molecule has 1 aliphatic carbocycles. The number of hydrogen-bond acceptors (Lipinski definition) is 2. The fraction of sp³-hybridized carbons (Fsp3) is 0.611. The molecular formula is C18H27NO2. The van der Waals surface area contributed by atoms with Crippen LogP contribution in [0.3, 0.4) is 0 Å². The van der Waals surface area contributed by atoms with E-state index in [1.807, 2.05) is 6.07 Å². The maximum atomic E-state index is 11.4. The molecule has 1 fully saturated rings. The lowest BCUT2D eigenvalue weighted by atomic mass is 9.76. The van der Waals surface area contributed by atoms with Crippen LogP contribution in [0.4, 0.5) is 0 Å². The molecular weight excluding hydrogens is 262 g/mol. The number of hydrogen-bond donors (Lipinski definition) is 1. The van der Waals surface area contributed by atoms with Gasteiger partial charge in [-0.2, -0.15) is 0 Å². The quantitative estimate of drug-likeness (QED) is 0.851. The fourth-order valence-corrected chi connectivity index (χ4v) is 3.88. The van der Waals surface area contributed by atoms with E-state index >= 15 is 0 Å². The molecule has 1 aromatic carbocycles. The third-order valence-corrected chi connectivity index (χ3v) is 5.05. The van der Waals surface area contributed by atoms with Gasteiger partial charge in [0, 0.05) is 11.6 Å².